The van der Waals surface area contributed by atoms with E-state index in [9.17, 15) is 23.6 Å². The number of Topliss-reactive ketones (excluding diaryl/α,β-unsaturated/α-hetero) is 3. The van der Waals surface area contributed by atoms with E-state index in [2.05, 4.69) is 20.9 Å². The third kappa shape index (κ3) is 8.50. The fraction of sp³-hybridized carbons (Fsp3) is 0.577. The molecule has 1 saturated heterocycles. The predicted octanol–water partition coefficient (Wildman–Crippen LogP) is 3.45. The molecule has 1 aromatic carbocycles. The molecule has 10 heteroatoms. The van der Waals surface area contributed by atoms with E-state index < -0.39 is 30.3 Å². The number of guanidine groups is 1. The molecule has 0 spiro atoms. The Labute approximate surface area is 220 Å². The van der Waals surface area contributed by atoms with Crippen molar-refractivity contribution in [2.24, 2.45) is 34.2 Å². The zero-order chi connectivity index (χ0) is 26.8. The highest BCUT2D eigenvalue weighted by atomic mass is 79.9. The molecule has 1 aliphatic rings. The molecular formula is C26H36BrFN4O4. The van der Waals surface area contributed by atoms with Crippen LogP contribution in [0.3, 0.4) is 0 Å². The van der Waals surface area contributed by atoms with Crippen LogP contribution in [0, 0.1) is 17.8 Å². The molecule has 0 saturated carbocycles. The molecule has 1 fully saturated rings. The van der Waals surface area contributed by atoms with Gasteiger partial charge in [0.15, 0.2) is 23.3 Å². The molecule has 0 unspecified atom stereocenters. The SMILES string of the molecule is CC(C)[C@H](CC(=O)c1cccc(Br)c1)C(=O)N1CCC[C@H]1C(=O)C[C@@H](CCCN=C(N)N)C(=O)CF. The molecule has 2 rings (SSSR count). The van der Waals surface area contributed by atoms with Crippen molar-refractivity contribution in [2.75, 3.05) is 19.8 Å². The van der Waals surface area contributed by atoms with Crippen molar-refractivity contribution in [3.63, 3.8) is 0 Å². The largest absolute Gasteiger partial charge is 0.370 e. The molecule has 3 atom stereocenters. The standard InChI is InChI=1S/C26H36BrFN4O4/c1-16(2)20(14-22(33)17-6-3-8-19(27)12-17)25(36)32-11-5-9-21(32)23(34)13-18(24(35)15-28)7-4-10-31-26(29)30/h3,6,8,12,16,18,20-21H,4-5,7,9-11,13-15H2,1-2H3,(H4,29,30,31)/t18-,20+,21+/m1/s1. The summed E-state index contributed by atoms with van der Waals surface area (Å²) in [6.07, 6.45) is 1.75. The Morgan fingerprint density at radius 2 is 1.92 bits per heavy atom. The van der Waals surface area contributed by atoms with E-state index in [0.717, 1.165) is 4.47 Å². The molecule has 36 heavy (non-hydrogen) atoms. The van der Waals surface area contributed by atoms with Gasteiger partial charge >= 0.3 is 0 Å². The number of rotatable bonds is 14. The Kier molecular flexibility index (Phi) is 11.7. The average Bonchev–Trinajstić information content (AvgIpc) is 3.33. The normalized spacial score (nSPS) is 17.0. The summed E-state index contributed by atoms with van der Waals surface area (Å²) in [5, 5.41) is 0. The third-order valence-corrected chi connectivity index (χ3v) is 7.11. The van der Waals surface area contributed by atoms with Crippen molar-refractivity contribution in [3.05, 3.63) is 34.3 Å². The lowest BCUT2D eigenvalue weighted by molar-refractivity contribution is -0.142. The number of benzene rings is 1. The fourth-order valence-electron chi connectivity index (χ4n) is 4.58. The predicted molar refractivity (Wildman–Crippen MR) is 140 cm³/mol. The first-order chi connectivity index (χ1) is 17.0. The minimum atomic E-state index is -1.15. The molecule has 0 aromatic heterocycles. The maximum absolute atomic E-state index is 13.5. The summed E-state index contributed by atoms with van der Waals surface area (Å²) in [5.41, 5.74) is 11.1. The first-order valence-electron chi connectivity index (χ1n) is 12.3. The molecule has 1 aliphatic heterocycles. The van der Waals surface area contributed by atoms with Crippen LogP contribution in [0.2, 0.25) is 0 Å². The van der Waals surface area contributed by atoms with Crippen molar-refractivity contribution in [2.45, 2.75) is 58.4 Å². The van der Waals surface area contributed by atoms with Gasteiger partial charge in [-0.25, -0.2) is 4.39 Å². The number of hydrogen-bond acceptors (Lipinski definition) is 5. The number of carbonyl (C=O) groups excluding carboxylic acids is 4. The Balaban J connectivity index is 2.10. The Bertz CT molecular complexity index is 980. The number of nitrogens with zero attached hydrogens (tertiary/aromatic N) is 2. The van der Waals surface area contributed by atoms with Gasteiger partial charge < -0.3 is 16.4 Å². The molecule has 198 valence electrons. The lowest BCUT2D eigenvalue weighted by Crippen LogP contribution is -2.45. The highest BCUT2D eigenvalue weighted by Gasteiger charge is 2.39. The van der Waals surface area contributed by atoms with E-state index >= 15 is 0 Å². The van der Waals surface area contributed by atoms with Crippen LogP contribution < -0.4 is 11.5 Å². The van der Waals surface area contributed by atoms with Crippen molar-refractivity contribution in [1.82, 2.24) is 4.90 Å². The van der Waals surface area contributed by atoms with Crippen molar-refractivity contribution in [1.29, 1.82) is 0 Å². The van der Waals surface area contributed by atoms with Gasteiger partial charge in [0.1, 0.15) is 6.67 Å². The molecule has 1 aromatic rings. The molecule has 0 radical (unpaired) electrons. The number of amides is 1. The Morgan fingerprint density at radius 3 is 2.53 bits per heavy atom. The summed E-state index contributed by atoms with van der Waals surface area (Å²) in [5.74, 6) is -2.80. The molecule has 8 nitrogen and oxygen atoms in total. The number of nitrogens with two attached hydrogens (primary N) is 2. The summed E-state index contributed by atoms with van der Waals surface area (Å²) >= 11 is 3.36. The first-order valence-corrected chi connectivity index (χ1v) is 13.1. The van der Waals surface area contributed by atoms with Gasteiger partial charge in [-0.3, -0.25) is 24.2 Å². The lowest BCUT2D eigenvalue weighted by Gasteiger charge is -2.30. The average molecular weight is 568 g/mol. The molecule has 0 bridgehead atoms. The highest BCUT2D eigenvalue weighted by molar-refractivity contribution is 9.10. The molecular weight excluding hydrogens is 531 g/mol. The smallest absolute Gasteiger partial charge is 0.227 e. The van der Waals surface area contributed by atoms with Crippen LogP contribution in [-0.2, 0) is 14.4 Å². The van der Waals surface area contributed by atoms with Crippen LogP contribution in [0.1, 0.15) is 62.7 Å². The van der Waals surface area contributed by atoms with Crippen LogP contribution in [0.15, 0.2) is 33.7 Å². The molecule has 1 amide bonds. The molecule has 4 N–H and O–H groups in total. The summed E-state index contributed by atoms with van der Waals surface area (Å²) < 4.78 is 13.9. The lowest BCUT2D eigenvalue weighted by atomic mass is 9.86. The van der Waals surface area contributed by atoms with E-state index in [4.69, 9.17) is 11.5 Å². The second-order valence-electron chi connectivity index (χ2n) is 9.59. The quantitative estimate of drug-likeness (QED) is 0.153. The van der Waals surface area contributed by atoms with Gasteiger partial charge in [-0.15, -0.1) is 0 Å². The zero-order valence-corrected chi connectivity index (χ0v) is 22.5. The minimum absolute atomic E-state index is 0.0398. The van der Waals surface area contributed by atoms with Crippen molar-refractivity contribution >= 4 is 45.1 Å². The maximum atomic E-state index is 13.5. The van der Waals surface area contributed by atoms with Crippen LogP contribution >= 0.6 is 15.9 Å². The zero-order valence-electron chi connectivity index (χ0n) is 20.9. The maximum Gasteiger partial charge on any atom is 0.227 e. The van der Waals surface area contributed by atoms with Gasteiger partial charge in [-0.2, -0.15) is 0 Å². The second-order valence-corrected chi connectivity index (χ2v) is 10.5. The van der Waals surface area contributed by atoms with Crippen molar-refractivity contribution in [3.8, 4) is 0 Å². The summed E-state index contributed by atoms with van der Waals surface area (Å²) in [6.45, 7) is 3.31. The number of aliphatic imine (C=N–C) groups is 1. The molecule has 1 heterocycles. The van der Waals surface area contributed by atoms with Gasteiger partial charge in [-0.05, 0) is 43.7 Å². The summed E-state index contributed by atoms with van der Waals surface area (Å²) in [6, 6.07) is 6.36. The number of ketones is 3. The van der Waals surface area contributed by atoms with Crippen LogP contribution in [0.5, 0.6) is 0 Å². The number of alkyl halides is 1. The van der Waals surface area contributed by atoms with Crippen LogP contribution in [0.25, 0.3) is 0 Å². The molecule has 0 aliphatic carbocycles. The fourth-order valence-corrected chi connectivity index (χ4v) is 4.98. The van der Waals surface area contributed by atoms with E-state index in [-0.39, 0.29) is 55.2 Å². The van der Waals surface area contributed by atoms with Gasteiger partial charge in [0, 0.05) is 47.8 Å². The number of hydrogen-bond donors (Lipinski definition) is 2. The monoisotopic (exact) mass is 566 g/mol. The van der Waals surface area contributed by atoms with Crippen LogP contribution in [0.4, 0.5) is 4.39 Å². The summed E-state index contributed by atoms with van der Waals surface area (Å²) in [4.78, 5) is 57.2. The second kappa shape index (κ2) is 14.2. The first kappa shape index (κ1) is 29.6. The van der Waals surface area contributed by atoms with E-state index in [1.54, 1.807) is 23.1 Å². The number of halogens is 2. The van der Waals surface area contributed by atoms with E-state index in [1.165, 1.54) is 0 Å². The van der Waals surface area contributed by atoms with E-state index in [0.29, 0.717) is 31.4 Å². The van der Waals surface area contributed by atoms with Gasteiger partial charge in [0.05, 0.1) is 6.04 Å². The third-order valence-electron chi connectivity index (χ3n) is 6.62. The van der Waals surface area contributed by atoms with Crippen LogP contribution in [-0.4, -0.2) is 59.9 Å². The van der Waals surface area contributed by atoms with Gasteiger partial charge in [0.2, 0.25) is 5.91 Å². The van der Waals surface area contributed by atoms with Gasteiger partial charge in [-0.1, -0.05) is 41.9 Å². The highest BCUT2D eigenvalue weighted by Crippen LogP contribution is 2.29. The minimum Gasteiger partial charge on any atom is -0.370 e. The van der Waals surface area contributed by atoms with Gasteiger partial charge in [0.25, 0.3) is 0 Å². The van der Waals surface area contributed by atoms with Crippen molar-refractivity contribution < 1.29 is 23.6 Å². The topological polar surface area (TPSA) is 136 Å². The number of likely N-dealkylation sites (tertiary alicyclic amines) is 1. The Hall–Kier alpha value is -2.62. The Morgan fingerprint density at radius 1 is 1.19 bits per heavy atom. The summed E-state index contributed by atoms with van der Waals surface area (Å²) in [7, 11) is 0. The number of carbonyl (C=O) groups is 4. The van der Waals surface area contributed by atoms with E-state index in [1.807, 2.05) is 19.9 Å².